The molecule has 160 valence electrons. The maximum absolute atomic E-state index is 12.0. The molecule has 0 aromatic heterocycles. The van der Waals surface area contributed by atoms with Gasteiger partial charge in [0.2, 0.25) is 11.8 Å². The second kappa shape index (κ2) is 11.5. The van der Waals surface area contributed by atoms with Crippen molar-refractivity contribution < 1.29 is 34.4 Å². The molecule has 1 heterocycles. The number of nitrogens with one attached hydrogen (secondary N) is 2. The van der Waals surface area contributed by atoms with E-state index in [0.29, 0.717) is 19.3 Å². The van der Waals surface area contributed by atoms with Crippen LogP contribution in [0.4, 0.5) is 0 Å². The van der Waals surface area contributed by atoms with E-state index < -0.39 is 42.7 Å². The minimum atomic E-state index is -1.50. The van der Waals surface area contributed by atoms with E-state index >= 15 is 0 Å². The Morgan fingerprint density at radius 2 is 1.72 bits per heavy atom. The molecule has 0 unspecified atom stereocenters. The number of unbranched alkanes of at least 4 members (excludes halogenated alkanes) is 2. The Kier molecular flexibility index (Phi) is 9.04. The number of aliphatic hydroxyl groups excluding tert-OH is 3. The zero-order valence-corrected chi connectivity index (χ0v) is 16.1. The average Bonchev–Trinajstić information content (AvgIpc) is 2.72. The van der Waals surface area contributed by atoms with E-state index in [1.54, 1.807) is 0 Å². The number of ether oxygens (including phenoxy) is 1. The summed E-state index contributed by atoms with van der Waals surface area (Å²) in [5.74, 6) is -1.39. The maximum Gasteiger partial charge on any atom is 0.306 e. The van der Waals surface area contributed by atoms with Gasteiger partial charge in [-0.25, -0.2) is 0 Å². The van der Waals surface area contributed by atoms with Gasteiger partial charge < -0.3 is 30.7 Å². The molecule has 0 bridgehead atoms. The van der Waals surface area contributed by atoms with Crippen LogP contribution in [0.15, 0.2) is 30.3 Å². The zero-order valence-electron chi connectivity index (χ0n) is 16.1. The normalized spacial score (nSPS) is 23.9. The van der Waals surface area contributed by atoms with Gasteiger partial charge in [0, 0.05) is 12.8 Å². The van der Waals surface area contributed by atoms with Crippen LogP contribution in [-0.4, -0.2) is 64.0 Å². The van der Waals surface area contributed by atoms with E-state index in [2.05, 4.69) is 10.6 Å². The summed E-state index contributed by atoms with van der Waals surface area (Å²) in [6, 6.07) is 7.14. The van der Waals surface area contributed by atoms with Crippen LogP contribution in [0.25, 0.3) is 0 Å². The van der Waals surface area contributed by atoms with E-state index in [0.717, 1.165) is 5.56 Å². The van der Waals surface area contributed by atoms with Gasteiger partial charge in [-0.05, 0) is 18.4 Å². The highest BCUT2D eigenvalue weighted by Gasteiger charge is 2.42. The van der Waals surface area contributed by atoms with Crippen molar-refractivity contribution >= 4 is 17.8 Å². The third-order valence-corrected chi connectivity index (χ3v) is 4.75. The molecule has 1 fully saturated rings. The van der Waals surface area contributed by atoms with Gasteiger partial charge in [0.05, 0.1) is 12.6 Å². The van der Waals surface area contributed by atoms with Gasteiger partial charge in [0.15, 0.2) is 0 Å². The molecule has 1 aliphatic rings. The van der Waals surface area contributed by atoms with Gasteiger partial charge in [-0.15, -0.1) is 0 Å². The minimum Gasteiger partial charge on any atom is -0.461 e. The molecule has 2 amide bonds. The molecule has 9 nitrogen and oxygen atoms in total. The van der Waals surface area contributed by atoms with Crippen LogP contribution >= 0.6 is 0 Å². The van der Waals surface area contributed by atoms with Crippen LogP contribution in [-0.2, 0) is 25.7 Å². The fourth-order valence-corrected chi connectivity index (χ4v) is 3.04. The van der Waals surface area contributed by atoms with Gasteiger partial charge in [-0.3, -0.25) is 14.4 Å². The van der Waals surface area contributed by atoms with Crippen molar-refractivity contribution in [1.82, 2.24) is 10.6 Å². The van der Waals surface area contributed by atoms with Crippen molar-refractivity contribution in [3.8, 4) is 0 Å². The lowest BCUT2D eigenvalue weighted by Gasteiger charge is -2.37. The zero-order chi connectivity index (χ0) is 21.2. The summed E-state index contributed by atoms with van der Waals surface area (Å²) < 4.78 is 5.18. The SMILES string of the molecule is O=C(CCCCCC(=O)OCc1ccccc1)N[C@H]1C(=O)N[C@H](CO)[C@H](O)[C@H]1O. The Morgan fingerprint density at radius 3 is 2.41 bits per heavy atom. The van der Waals surface area contributed by atoms with Crippen molar-refractivity contribution in [2.45, 2.75) is 63.0 Å². The van der Waals surface area contributed by atoms with Crippen molar-refractivity contribution in [2.75, 3.05) is 6.61 Å². The van der Waals surface area contributed by atoms with Crippen LogP contribution in [0.2, 0.25) is 0 Å². The first-order chi connectivity index (χ1) is 13.9. The second-order valence-corrected chi connectivity index (χ2v) is 7.03. The Bertz CT molecular complexity index is 683. The number of hydrogen-bond acceptors (Lipinski definition) is 7. The van der Waals surface area contributed by atoms with E-state index in [4.69, 9.17) is 9.84 Å². The summed E-state index contributed by atoms with van der Waals surface area (Å²) in [7, 11) is 0. The molecule has 1 saturated heterocycles. The van der Waals surface area contributed by atoms with Crippen molar-refractivity contribution in [3.05, 3.63) is 35.9 Å². The summed E-state index contributed by atoms with van der Waals surface area (Å²) in [6.07, 6.45) is -0.784. The fraction of sp³-hybridized carbons (Fsp3) is 0.550. The van der Waals surface area contributed by atoms with Gasteiger partial charge in [0.25, 0.3) is 0 Å². The molecule has 5 N–H and O–H groups in total. The lowest BCUT2D eigenvalue weighted by molar-refractivity contribution is -0.145. The standard InChI is InChI=1S/C20H28N2O7/c23-11-14-18(26)19(27)17(20(28)21-14)22-15(24)9-5-2-6-10-16(25)29-12-13-7-3-1-4-8-13/h1,3-4,7-8,14,17-19,23,26-27H,2,5-6,9-12H2,(H,21,28)(H,22,24)/t14-,17-,18+,19+/m1/s1. The van der Waals surface area contributed by atoms with Crippen molar-refractivity contribution in [1.29, 1.82) is 0 Å². The minimum absolute atomic E-state index is 0.120. The molecule has 0 radical (unpaired) electrons. The number of benzene rings is 1. The summed E-state index contributed by atoms with van der Waals surface area (Å²) >= 11 is 0. The smallest absolute Gasteiger partial charge is 0.306 e. The number of carbonyl (C=O) groups is 3. The number of hydrogen-bond donors (Lipinski definition) is 5. The molecule has 1 aliphatic heterocycles. The van der Waals surface area contributed by atoms with Crippen molar-refractivity contribution in [2.24, 2.45) is 0 Å². The number of esters is 1. The van der Waals surface area contributed by atoms with Gasteiger partial charge >= 0.3 is 5.97 Å². The van der Waals surface area contributed by atoms with Gasteiger partial charge in [-0.1, -0.05) is 36.8 Å². The first-order valence-corrected chi connectivity index (χ1v) is 9.68. The number of rotatable bonds is 10. The summed E-state index contributed by atoms with van der Waals surface area (Å²) in [5.41, 5.74) is 0.918. The highest BCUT2D eigenvalue weighted by Crippen LogP contribution is 2.12. The number of amides is 2. The monoisotopic (exact) mass is 408 g/mol. The van der Waals surface area contributed by atoms with Crippen molar-refractivity contribution in [3.63, 3.8) is 0 Å². The van der Waals surface area contributed by atoms with Gasteiger partial charge in [0.1, 0.15) is 24.9 Å². The van der Waals surface area contributed by atoms with E-state index in [9.17, 15) is 24.6 Å². The predicted octanol–water partition coefficient (Wildman–Crippen LogP) is -0.622. The van der Waals surface area contributed by atoms with E-state index in [1.165, 1.54) is 0 Å². The Hall–Kier alpha value is -2.49. The molecule has 1 aromatic rings. The predicted molar refractivity (Wildman–Crippen MR) is 102 cm³/mol. The molecule has 4 atom stereocenters. The maximum atomic E-state index is 12.0. The Balaban J connectivity index is 1.60. The molecule has 1 aromatic carbocycles. The third kappa shape index (κ3) is 7.12. The topological polar surface area (TPSA) is 145 Å². The number of carbonyl (C=O) groups excluding carboxylic acids is 3. The largest absolute Gasteiger partial charge is 0.461 e. The molecule has 29 heavy (non-hydrogen) atoms. The van der Waals surface area contributed by atoms with Crippen LogP contribution in [0, 0.1) is 0 Å². The molecule has 0 saturated carbocycles. The van der Waals surface area contributed by atoms with E-state index in [1.807, 2.05) is 30.3 Å². The van der Waals surface area contributed by atoms with Gasteiger partial charge in [-0.2, -0.15) is 0 Å². The van der Waals surface area contributed by atoms with Crippen LogP contribution in [0.1, 0.15) is 37.7 Å². The first kappa shape index (κ1) is 22.8. The highest BCUT2D eigenvalue weighted by molar-refractivity contribution is 5.89. The average molecular weight is 408 g/mol. The Morgan fingerprint density at radius 1 is 1.03 bits per heavy atom. The quantitative estimate of drug-likeness (QED) is 0.256. The molecular formula is C20H28N2O7. The molecule has 2 rings (SSSR count). The molecule has 9 heteroatoms. The lowest BCUT2D eigenvalue weighted by Crippen LogP contribution is -2.68. The number of aliphatic hydroxyl groups is 3. The fourth-order valence-electron chi connectivity index (χ4n) is 3.04. The molecular weight excluding hydrogens is 380 g/mol. The first-order valence-electron chi connectivity index (χ1n) is 9.68. The molecule has 0 aliphatic carbocycles. The van der Waals surface area contributed by atoms with Crippen LogP contribution in [0.5, 0.6) is 0 Å². The summed E-state index contributed by atoms with van der Waals surface area (Å²) in [5, 5.41) is 33.6. The van der Waals surface area contributed by atoms with E-state index in [-0.39, 0.29) is 25.4 Å². The second-order valence-electron chi connectivity index (χ2n) is 7.03. The van der Waals surface area contributed by atoms with Crippen LogP contribution < -0.4 is 10.6 Å². The highest BCUT2D eigenvalue weighted by atomic mass is 16.5. The molecule has 0 spiro atoms. The third-order valence-electron chi connectivity index (χ3n) is 4.75. The number of piperidine rings is 1. The summed E-state index contributed by atoms with van der Waals surface area (Å²) in [4.78, 5) is 35.6. The lowest BCUT2D eigenvalue weighted by atomic mass is 9.93. The van der Waals surface area contributed by atoms with Crippen LogP contribution in [0.3, 0.4) is 0 Å². The summed E-state index contributed by atoms with van der Waals surface area (Å²) in [6.45, 7) is -0.282. The Labute approximate surface area is 169 Å².